The highest BCUT2D eigenvalue weighted by atomic mass is 35.5. The Kier molecular flexibility index (Phi) is 3.05. The molecule has 0 aliphatic rings. The topological polar surface area (TPSA) is 25.8 Å². The SMILES string of the molecule is Cc1cc(-c2ccccc2)c2ccc3ccc(Cl)nc3c2n1. The monoisotopic (exact) mass is 304 g/mol. The number of pyridine rings is 2. The second-order valence-corrected chi connectivity index (χ2v) is 5.73. The van der Waals surface area contributed by atoms with Gasteiger partial charge in [0.1, 0.15) is 5.15 Å². The molecule has 0 unspecified atom stereocenters. The van der Waals surface area contributed by atoms with Gasteiger partial charge < -0.3 is 0 Å². The predicted molar refractivity (Wildman–Crippen MR) is 92.2 cm³/mol. The molecule has 0 radical (unpaired) electrons. The van der Waals surface area contributed by atoms with Crippen LogP contribution in [0.5, 0.6) is 0 Å². The molecule has 0 aliphatic heterocycles. The van der Waals surface area contributed by atoms with Gasteiger partial charge in [-0.25, -0.2) is 4.98 Å². The molecule has 2 heterocycles. The van der Waals surface area contributed by atoms with Crippen molar-refractivity contribution < 1.29 is 0 Å². The van der Waals surface area contributed by atoms with Gasteiger partial charge in [-0.1, -0.05) is 54.1 Å². The van der Waals surface area contributed by atoms with Crippen molar-refractivity contribution in [3.05, 3.63) is 71.5 Å². The van der Waals surface area contributed by atoms with E-state index in [4.69, 9.17) is 16.6 Å². The van der Waals surface area contributed by atoms with Crippen molar-refractivity contribution in [1.82, 2.24) is 9.97 Å². The van der Waals surface area contributed by atoms with Gasteiger partial charge in [0, 0.05) is 16.5 Å². The highest BCUT2D eigenvalue weighted by Crippen LogP contribution is 2.32. The number of halogens is 1. The summed E-state index contributed by atoms with van der Waals surface area (Å²) in [5.74, 6) is 0. The van der Waals surface area contributed by atoms with Gasteiger partial charge in [0.15, 0.2) is 0 Å². The van der Waals surface area contributed by atoms with Crippen LogP contribution in [0.4, 0.5) is 0 Å². The average molecular weight is 305 g/mol. The van der Waals surface area contributed by atoms with Gasteiger partial charge in [-0.15, -0.1) is 0 Å². The molecule has 0 amide bonds. The first-order valence-corrected chi connectivity index (χ1v) is 7.52. The summed E-state index contributed by atoms with van der Waals surface area (Å²) in [4.78, 5) is 9.19. The smallest absolute Gasteiger partial charge is 0.129 e. The zero-order chi connectivity index (χ0) is 15.1. The van der Waals surface area contributed by atoms with E-state index in [1.807, 2.05) is 37.3 Å². The van der Waals surface area contributed by atoms with Crippen molar-refractivity contribution in [2.75, 3.05) is 0 Å². The van der Waals surface area contributed by atoms with Crippen LogP contribution >= 0.6 is 11.6 Å². The van der Waals surface area contributed by atoms with E-state index < -0.39 is 0 Å². The maximum atomic E-state index is 6.08. The van der Waals surface area contributed by atoms with Crippen LogP contribution in [0, 0.1) is 6.92 Å². The fourth-order valence-corrected chi connectivity index (χ4v) is 2.98. The molecule has 2 aromatic heterocycles. The third-order valence-corrected chi connectivity index (χ3v) is 4.03. The van der Waals surface area contributed by atoms with E-state index in [1.54, 1.807) is 0 Å². The van der Waals surface area contributed by atoms with E-state index in [0.717, 1.165) is 27.5 Å². The molecular formula is C19H13ClN2. The van der Waals surface area contributed by atoms with E-state index in [2.05, 4.69) is 35.3 Å². The van der Waals surface area contributed by atoms with Crippen LogP contribution < -0.4 is 0 Å². The number of aromatic nitrogens is 2. The Morgan fingerprint density at radius 1 is 0.818 bits per heavy atom. The Hall–Kier alpha value is -2.45. The third kappa shape index (κ3) is 2.13. The maximum absolute atomic E-state index is 6.08. The molecule has 0 N–H and O–H groups in total. The zero-order valence-corrected chi connectivity index (χ0v) is 12.8. The lowest BCUT2D eigenvalue weighted by atomic mass is 9.99. The number of aryl methyl sites for hydroxylation is 1. The fraction of sp³-hybridized carbons (Fsp3) is 0.0526. The molecule has 4 rings (SSSR count). The highest BCUT2D eigenvalue weighted by Gasteiger charge is 2.10. The summed E-state index contributed by atoms with van der Waals surface area (Å²) >= 11 is 6.08. The summed E-state index contributed by atoms with van der Waals surface area (Å²) in [6, 6.07) is 20.4. The lowest BCUT2D eigenvalue weighted by Gasteiger charge is -2.10. The second-order valence-electron chi connectivity index (χ2n) is 5.34. The summed E-state index contributed by atoms with van der Waals surface area (Å²) in [7, 11) is 0. The second kappa shape index (κ2) is 5.08. The van der Waals surface area contributed by atoms with Crippen LogP contribution in [-0.2, 0) is 0 Å². The van der Waals surface area contributed by atoms with Gasteiger partial charge >= 0.3 is 0 Å². The number of hydrogen-bond acceptors (Lipinski definition) is 2. The summed E-state index contributed by atoms with van der Waals surface area (Å²) < 4.78 is 0. The summed E-state index contributed by atoms with van der Waals surface area (Å²) in [5.41, 5.74) is 5.08. The van der Waals surface area contributed by atoms with E-state index in [0.29, 0.717) is 5.15 Å². The van der Waals surface area contributed by atoms with Gasteiger partial charge in [-0.2, -0.15) is 0 Å². The number of fused-ring (bicyclic) bond motifs is 3. The summed E-state index contributed by atoms with van der Waals surface area (Å²) in [5, 5.41) is 2.64. The van der Waals surface area contributed by atoms with Crippen LogP contribution in [-0.4, -0.2) is 9.97 Å². The van der Waals surface area contributed by atoms with Crippen molar-refractivity contribution in [3.63, 3.8) is 0 Å². The Morgan fingerprint density at radius 2 is 1.59 bits per heavy atom. The summed E-state index contributed by atoms with van der Waals surface area (Å²) in [6.45, 7) is 2.01. The fourth-order valence-electron chi connectivity index (χ4n) is 2.83. The zero-order valence-electron chi connectivity index (χ0n) is 12.0. The number of rotatable bonds is 1. The van der Waals surface area contributed by atoms with Gasteiger partial charge in [0.25, 0.3) is 0 Å². The number of benzene rings is 2. The predicted octanol–water partition coefficient (Wildman–Crippen LogP) is 5.41. The van der Waals surface area contributed by atoms with Crippen LogP contribution in [0.3, 0.4) is 0 Å². The number of nitrogens with zero attached hydrogens (tertiary/aromatic N) is 2. The third-order valence-electron chi connectivity index (χ3n) is 3.82. The van der Waals surface area contributed by atoms with Crippen molar-refractivity contribution in [2.24, 2.45) is 0 Å². The normalized spacial score (nSPS) is 11.2. The molecule has 4 aromatic rings. The maximum Gasteiger partial charge on any atom is 0.129 e. The molecule has 0 fully saturated rings. The van der Waals surface area contributed by atoms with Gasteiger partial charge in [0.05, 0.1) is 11.0 Å². The molecule has 2 aromatic carbocycles. The molecule has 106 valence electrons. The van der Waals surface area contributed by atoms with Gasteiger partial charge in [-0.05, 0) is 36.2 Å². The van der Waals surface area contributed by atoms with Crippen molar-refractivity contribution in [3.8, 4) is 11.1 Å². The molecule has 0 aliphatic carbocycles. The Bertz CT molecular complexity index is 994. The molecule has 0 spiro atoms. The quantitative estimate of drug-likeness (QED) is 0.347. The van der Waals surface area contributed by atoms with Crippen molar-refractivity contribution in [2.45, 2.75) is 6.92 Å². The van der Waals surface area contributed by atoms with Crippen LogP contribution in [0.15, 0.2) is 60.7 Å². The Labute approximate surface area is 133 Å². The molecule has 2 nitrogen and oxygen atoms in total. The van der Waals surface area contributed by atoms with Crippen LogP contribution in [0.25, 0.3) is 32.9 Å². The molecule has 3 heteroatoms. The first kappa shape index (κ1) is 13.2. The molecule has 0 atom stereocenters. The number of hydrogen-bond donors (Lipinski definition) is 0. The largest absolute Gasteiger partial charge is 0.251 e. The first-order chi connectivity index (χ1) is 10.7. The highest BCUT2D eigenvalue weighted by molar-refractivity contribution is 6.30. The van der Waals surface area contributed by atoms with E-state index in [-0.39, 0.29) is 0 Å². The van der Waals surface area contributed by atoms with E-state index >= 15 is 0 Å². The van der Waals surface area contributed by atoms with Gasteiger partial charge in [-0.3, -0.25) is 4.98 Å². The molecular weight excluding hydrogens is 292 g/mol. The molecule has 0 bridgehead atoms. The Morgan fingerprint density at radius 3 is 2.41 bits per heavy atom. The van der Waals surface area contributed by atoms with Crippen molar-refractivity contribution >= 4 is 33.4 Å². The van der Waals surface area contributed by atoms with Crippen LogP contribution in [0.1, 0.15) is 5.69 Å². The lowest BCUT2D eigenvalue weighted by Crippen LogP contribution is -1.91. The standard InChI is InChI=1S/C19H13ClN2/c1-12-11-16(13-5-3-2-4-6-13)15-9-7-14-8-10-17(20)22-18(14)19(15)21-12/h2-11H,1H3. The minimum Gasteiger partial charge on any atom is -0.251 e. The molecule has 0 saturated carbocycles. The molecule has 0 saturated heterocycles. The minimum atomic E-state index is 0.490. The van der Waals surface area contributed by atoms with Crippen LogP contribution in [0.2, 0.25) is 5.15 Å². The lowest BCUT2D eigenvalue weighted by molar-refractivity contribution is 1.25. The minimum absolute atomic E-state index is 0.490. The average Bonchev–Trinajstić information content (AvgIpc) is 2.55. The molecule has 22 heavy (non-hydrogen) atoms. The van der Waals surface area contributed by atoms with Gasteiger partial charge in [0.2, 0.25) is 0 Å². The van der Waals surface area contributed by atoms with Crippen molar-refractivity contribution in [1.29, 1.82) is 0 Å². The summed E-state index contributed by atoms with van der Waals surface area (Å²) in [6.07, 6.45) is 0. The van der Waals surface area contributed by atoms with E-state index in [9.17, 15) is 0 Å². The Balaban J connectivity index is 2.15. The first-order valence-electron chi connectivity index (χ1n) is 7.14. The van der Waals surface area contributed by atoms with E-state index in [1.165, 1.54) is 11.1 Å².